The maximum Gasteiger partial charge on any atom is 0.306 e. The van der Waals surface area contributed by atoms with Crippen LogP contribution >= 0.6 is 0 Å². The van der Waals surface area contributed by atoms with Crippen molar-refractivity contribution < 1.29 is 42.9 Å². The monoisotopic (exact) mass is 1380 g/mol. The van der Waals surface area contributed by atoms with Crippen LogP contribution in [-0.2, 0) is 33.3 Å². The summed E-state index contributed by atoms with van der Waals surface area (Å²) in [7, 11) is 5.92. The number of ether oxygens (including phenoxy) is 4. The number of nitrogens with zero attached hydrogens (tertiary/aromatic N) is 1. The highest BCUT2D eigenvalue weighted by Gasteiger charge is 2.22. The van der Waals surface area contributed by atoms with E-state index in [-0.39, 0.29) is 38.6 Å². The van der Waals surface area contributed by atoms with Crippen molar-refractivity contribution in [2.75, 3.05) is 47.5 Å². The zero-order valence-electron chi connectivity index (χ0n) is 64.8. The van der Waals surface area contributed by atoms with E-state index in [0.717, 1.165) is 109 Å². The SMILES string of the molecule is CC/C=C\C/C=C\C/C=C\C/C=C\C/C=C\C/C=C\C/C=C\C/C=C\C/C=C\C/C=C\C/C=C\C/C=C\CCCCC(=O)OC(COC(=O)CCCCCCCCCCCCCCCCCCCCCCCCCCCCCCCCCCCCC)COC(OCC[N+](C)(C)C)C(=O)[O-]. The molecule has 0 amide bonds. The number of hydrogen-bond acceptors (Lipinski definition) is 8. The summed E-state index contributed by atoms with van der Waals surface area (Å²) in [4.78, 5) is 37.6. The summed E-state index contributed by atoms with van der Waals surface area (Å²) in [5.41, 5.74) is 0. The van der Waals surface area contributed by atoms with E-state index in [2.05, 4.69) is 160 Å². The number of aliphatic carboxylic acids is 1. The van der Waals surface area contributed by atoms with Crippen molar-refractivity contribution in [3.05, 3.63) is 146 Å². The van der Waals surface area contributed by atoms with Gasteiger partial charge in [0.15, 0.2) is 12.4 Å². The fourth-order valence-corrected chi connectivity index (χ4v) is 11.4. The van der Waals surface area contributed by atoms with Crippen molar-refractivity contribution in [3.63, 3.8) is 0 Å². The molecule has 0 fully saturated rings. The number of likely N-dealkylation sites (N-methyl/N-ethyl adjacent to an activating group) is 1. The van der Waals surface area contributed by atoms with Gasteiger partial charge in [0.05, 0.1) is 40.3 Å². The lowest BCUT2D eigenvalue weighted by atomic mass is 10.0. The molecule has 0 rings (SSSR count). The quantitative estimate of drug-likeness (QED) is 0.0195. The number of unbranched alkanes of at least 4 members (excludes halogenated alkanes) is 36. The Hall–Kier alpha value is -4.83. The van der Waals surface area contributed by atoms with Crippen LogP contribution in [0.1, 0.15) is 348 Å². The molecule has 0 aliphatic rings. The lowest BCUT2D eigenvalue weighted by molar-refractivity contribution is -0.870. The van der Waals surface area contributed by atoms with Crippen LogP contribution in [0.5, 0.6) is 0 Å². The molecule has 0 aromatic heterocycles. The highest BCUT2D eigenvalue weighted by atomic mass is 16.7. The molecule has 0 aromatic rings. The Kier molecular flexibility index (Phi) is 75.0. The fraction of sp³-hybridized carbons (Fsp3) is 0.700. The molecule has 2 atom stereocenters. The van der Waals surface area contributed by atoms with Crippen LogP contribution in [-0.4, -0.2) is 82.3 Å². The highest BCUT2D eigenvalue weighted by molar-refractivity contribution is 5.70. The lowest BCUT2D eigenvalue weighted by Gasteiger charge is -2.26. The smallest absolute Gasteiger partial charge is 0.306 e. The molecule has 0 aliphatic heterocycles. The summed E-state index contributed by atoms with van der Waals surface area (Å²) >= 11 is 0. The highest BCUT2D eigenvalue weighted by Crippen LogP contribution is 2.19. The van der Waals surface area contributed by atoms with Gasteiger partial charge in [-0.25, -0.2) is 0 Å². The number of rotatable bonds is 75. The molecule has 0 aliphatic carbocycles. The van der Waals surface area contributed by atoms with Gasteiger partial charge < -0.3 is 33.3 Å². The van der Waals surface area contributed by atoms with Crippen molar-refractivity contribution in [1.82, 2.24) is 0 Å². The molecule has 566 valence electrons. The van der Waals surface area contributed by atoms with Crippen molar-refractivity contribution in [2.45, 2.75) is 360 Å². The molecule has 9 heteroatoms. The number of carbonyl (C=O) groups is 3. The summed E-state index contributed by atoms with van der Waals surface area (Å²) in [6.45, 7) is 4.61. The first-order chi connectivity index (χ1) is 48.6. The molecule has 0 bridgehead atoms. The van der Waals surface area contributed by atoms with Gasteiger partial charge in [-0.3, -0.25) is 9.59 Å². The van der Waals surface area contributed by atoms with Gasteiger partial charge >= 0.3 is 11.9 Å². The Bertz CT molecular complexity index is 2150. The number of carboxylic acids is 1. The van der Waals surface area contributed by atoms with Gasteiger partial charge in [0.2, 0.25) is 0 Å². The van der Waals surface area contributed by atoms with Crippen LogP contribution in [0, 0.1) is 0 Å². The minimum Gasteiger partial charge on any atom is -0.545 e. The van der Waals surface area contributed by atoms with Crippen molar-refractivity contribution in [1.29, 1.82) is 0 Å². The molecule has 9 nitrogen and oxygen atoms in total. The first kappa shape index (κ1) is 94.2. The predicted molar refractivity (Wildman–Crippen MR) is 426 cm³/mol. The topological polar surface area (TPSA) is 111 Å². The standard InChI is InChI=1S/C90H153NO8/c1-6-8-10-12-14-16-18-20-22-24-26-28-30-32-34-36-38-40-42-43-44-45-47-49-51-53-55-57-59-61-63-65-67-69-71-73-75-77-79-81-88(93)99-86(85-98-90(89(94)95)96-83-82-91(3,4)5)84-97-87(92)80-78-76-74-72-70-68-66-64-62-60-58-56-54-52-50-48-46-41-39-37-35-33-31-29-27-25-23-21-19-17-15-13-11-9-7-2/h8,10,14,16,20,22,26,28,32,34,38,40,43-44,47,49,53,55,59,61,65,67,71,73,86,90H,6-7,9,11-13,15,17-19,21,23-25,27,29-31,33,35-37,39,41-42,45-46,48,50-52,54,56-58,60,62-64,66,68-70,72,74-85H2,1-5H3/b10-8-,16-14-,22-20-,28-26-,34-32-,40-38-,44-43-,49-47-,55-53-,61-59-,67-65-,73-71-. The number of carbonyl (C=O) groups excluding carboxylic acids is 3. The van der Waals surface area contributed by atoms with E-state index >= 15 is 0 Å². The fourth-order valence-electron chi connectivity index (χ4n) is 11.4. The van der Waals surface area contributed by atoms with Crippen molar-refractivity contribution in [2.24, 2.45) is 0 Å². The minimum atomic E-state index is -1.64. The molecule has 0 saturated carbocycles. The lowest BCUT2D eigenvalue weighted by Crippen LogP contribution is -2.44. The van der Waals surface area contributed by atoms with Gasteiger partial charge in [0.25, 0.3) is 0 Å². The number of quaternary nitrogens is 1. The zero-order chi connectivity index (χ0) is 71.8. The number of carboxylic acid groups (broad SMARTS) is 1. The molecule has 0 heterocycles. The third kappa shape index (κ3) is 80.4. The zero-order valence-corrected chi connectivity index (χ0v) is 64.8. The van der Waals surface area contributed by atoms with E-state index in [9.17, 15) is 19.5 Å². The second-order valence-corrected chi connectivity index (χ2v) is 28.3. The molecular weight excluding hydrogens is 1220 g/mol. The van der Waals surface area contributed by atoms with Gasteiger partial charge in [-0.1, -0.05) is 378 Å². The van der Waals surface area contributed by atoms with Crippen LogP contribution < -0.4 is 5.11 Å². The van der Waals surface area contributed by atoms with E-state index < -0.39 is 24.3 Å². The van der Waals surface area contributed by atoms with Gasteiger partial charge in [0, 0.05) is 12.8 Å². The first-order valence-corrected chi connectivity index (χ1v) is 41.0. The Morgan fingerprint density at radius 2 is 0.576 bits per heavy atom. The summed E-state index contributed by atoms with van der Waals surface area (Å²) in [5, 5.41) is 11.9. The van der Waals surface area contributed by atoms with E-state index in [1.807, 2.05) is 21.1 Å². The normalized spacial score (nSPS) is 13.4. The second kappa shape index (κ2) is 78.9. The van der Waals surface area contributed by atoms with Gasteiger partial charge in [0.1, 0.15) is 13.2 Å². The summed E-state index contributed by atoms with van der Waals surface area (Å²) in [6, 6.07) is 0. The molecule has 0 aromatic carbocycles. The third-order valence-corrected chi connectivity index (χ3v) is 17.6. The van der Waals surface area contributed by atoms with Crippen LogP contribution in [0.4, 0.5) is 0 Å². The van der Waals surface area contributed by atoms with Crippen LogP contribution in [0.3, 0.4) is 0 Å². The van der Waals surface area contributed by atoms with Gasteiger partial charge in [-0.2, -0.15) is 0 Å². The average Bonchev–Trinajstić information content (AvgIpc) is 1.14. The van der Waals surface area contributed by atoms with Gasteiger partial charge in [-0.15, -0.1) is 0 Å². The Morgan fingerprint density at radius 3 is 0.859 bits per heavy atom. The van der Waals surface area contributed by atoms with Crippen LogP contribution in [0.15, 0.2) is 146 Å². The Balaban J connectivity index is 4.13. The van der Waals surface area contributed by atoms with E-state index in [1.165, 1.54) is 205 Å². The Morgan fingerprint density at radius 1 is 0.313 bits per heavy atom. The Labute approximate surface area is 611 Å². The maximum absolute atomic E-state index is 13.0. The minimum absolute atomic E-state index is 0.133. The van der Waals surface area contributed by atoms with Crippen LogP contribution in [0.25, 0.3) is 0 Å². The van der Waals surface area contributed by atoms with E-state index in [4.69, 9.17) is 18.9 Å². The largest absolute Gasteiger partial charge is 0.545 e. The second-order valence-electron chi connectivity index (χ2n) is 28.3. The first-order valence-electron chi connectivity index (χ1n) is 41.0. The molecular formula is C90H153NO8. The predicted octanol–water partition coefficient (Wildman–Crippen LogP) is 25.3. The summed E-state index contributed by atoms with van der Waals surface area (Å²) in [6.07, 6.45) is 113. The number of hydrogen-bond donors (Lipinski definition) is 0. The summed E-state index contributed by atoms with van der Waals surface area (Å²) < 4.78 is 22.8. The third-order valence-electron chi connectivity index (χ3n) is 17.6. The van der Waals surface area contributed by atoms with Crippen molar-refractivity contribution >= 4 is 17.9 Å². The van der Waals surface area contributed by atoms with Gasteiger partial charge in [-0.05, 0) is 103 Å². The molecule has 2 unspecified atom stereocenters. The molecule has 0 saturated heterocycles. The molecule has 0 radical (unpaired) electrons. The molecule has 99 heavy (non-hydrogen) atoms. The molecule has 0 spiro atoms. The maximum atomic E-state index is 13.0. The van der Waals surface area contributed by atoms with E-state index in [0.29, 0.717) is 17.4 Å². The number of allylic oxidation sites excluding steroid dienone is 24. The van der Waals surface area contributed by atoms with E-state index in [1.54, 1.807) is 0 Å². The summed E-state index contributed by atoms with van der Waals surface area (Å²) in [5.74, 6) is -2.34. The molecule has 0 N–H and O–H groups in total. The van der Waals surface area contributed by atoms with Crippen LogP contribution in [0.2, 0.25) is 0 Å². The number of esters is 2. The average molecular weight is 1380 g/mol. The van der Waals surface area contributed by atoms with Crippen molar-refractivity contribution in [3.8, 4) is 0 Å².